The number of nitrogens with one attached hydrogen (secondary N) is 1. The van der Waals surface area contributed by atoms with Gasteiger partial charge in [0.15, 0.2) is 0 Å². The van der Waals surface area contributed by atoms with Gasteiger partial charge >= 0.3 is 0 Å². The molecule has 2 aromatic rings. The molecular formula is C15H11BrClNO. The predicted molar refractivity (Wildman–Crippen MR) is 83.4 cm³/mol. The summed E-state index contributed by atoms with van der Waals surface area (Å²) in [5.74, 6) is -0.239. The first-order chi connectivity index (χ1) is 9.16. The molecule has 0 aliphatic rings. The van der Waals surface area contributed by atoms with Crippen molar-refractivity contribution in [3.63, 3.8) is 0 Å². The van der Waals surface area contributed by atoms with Crippen LogP contribution in [0.25, 0.3) is 6.08 Å². The quantitative estimate of drug-likeness (QED) is 0.808. The molecule has 2 nitrogen and oxygen atoms in total. The summed E-state index contributed by atoms with van der Waals surface area (Å²) in [4.78, 5) is 12.0. The van der Waals surface area contributed by atoms with Crippen molar-refractivity contribution in [2.45, 2.75) is 0 Å². The van der Waals surface area contributed by atoms with Crippen LogP contribution >= 0.6 is 27.5 Å². The Kier molecular flexibility index (Phi) is 4.77. The van der Waals surface area contributed by atoms with Gasteiger partial charge in [0.2, 0.25) is 0 Å². The largest absolute Gasteiger partial charge is 0.320 e. The molecule has 2 aromatic carbocycles. The van der Waals surface area contributed by atoms with E-state index in [0.29, 0.717) is 15.2 Å². The monoisotopic (exact) mass is 335 g/mol. The van der Waals surface area contributed by atoms with Gasteiger partial charge in [-0.3, -0.25) is 4.79 Å². The molecule has 4 heteroatoms. The lowest BCUT2D eigenvalue weighted by Crippen LogP contribution is -2.11. The Morgan fingerprint density at radius 3 is 2.37 bits per heavy atom. The molecule has 0 spiro atoms. The van der Waals surface area contributed by atoms with E-state index in [1.807, 2.05) is 42.5 Å². The molecule has 0 fully saturated rings. The van der Waals surface area contributed by atoms with E-state index < -0.39 is 0 Å². The fourth-order valence-corrected chi connectivity index (χ4v) is 2.05. The van der Waals surface area contributed by atoms with E-state index in [-0.39, 0.29) is 5.91 Å². The van der Waals surface area contributed by atoms with Crippen LogP contribution in [0.2, 0.25) is 5.02 Å². The lowest BCUT2D eigenvalue weighted by atomic mass is 10.2. The van der Waals surface area contributed by atoms with Gasteiger partial charge in [-0.1, -0.05) is 54.1 Å². The molecule has 0 aliphatic heterocycles. The van der Waals surface area contributed by atoms with Gasteiger partial charge in [0, 0.05) is 0 Å². The molecule has 0 aromatic heterocycles. The van der Waals surface area contributed by atoms with Crippen molar-refractivity contribution in [2.75, 3.05) is 5.32 Å². The lowest BCUT2D eigenvalue weighted by molar-refractivity contribution is -0.112. The summed E-state index contributed by atoms with van der Waals surface area (Å²) in [5, 5.41) is 3.25. The summed E-state index contributed by atoms with van der Waals surface area (Å²) in [6.45, 7) is 0. The van der Waals surface area contributed by atoms with E-state index in [9.17, 15) is 4.79 Å². The zero-order valence-electron chi connectivity index (χ0n) is 9.94. The first kappa shape index (κ1) is 13.8. The van der Waals surface area contributed by atoms with Gasteiger partial charge in [-0.05, 0) is 39.7 Å². The highest BCUT2D eigenvalue weighted by atomic mass is 79.9. The third-order valence-electron chi connectivity index (χ3n) is 2.43. The maximum atomic E-state index is 12.0. The zero-order chi connectivity index (χ0) is 13.7. The van der Waals surface area contributed by atoms with Crippen LogP contribution in [0, 0.1) is 0 Å². The molecule has 96 valence electrons. The topological polar surface area (TPSA) is 29.1 Å². The maximum Gasteiger partial charge on any atom is 0.262 e. The van der Waals surface area contributed by atoms with E-state index in [0.717, 1.165) is 5.56 Å². The smallest absolute Gasteiger partial charge is 0.262 e. The number of rotatable bonds is 3. The van der Waals surface area contributed by atoms with Gasteiger partial charge in [0.1, 0.15) is 0 Å². The van der Waals surface area contributed by atoms with Crippen molar-refractivity contribution in [3.8, 4) is 0 Å². The molecule has 0 unspecified atom stereocenters. The molecule has 19 heavy (non-hydrogen) atoms. The van der Waals surface area contributed by atoms with Gasteiger partial charge in [-0.2, -0.15) is 0 Å². The number of benzene rings is 2. The van der Waals surface area contributed by atoms with Crippen LogP contribution in [0.4, 0.5) is 5.69 Å². The van der Waals surface area contributed by atoms with Crippen molar-refractivity contribution in [3.05, 3.63) is 69.7 Å². The molecule has 0 heterocycles. The predicted octanol–water partition coefficient (Wildman–Crippen LogP) is 4.71. The summed E-state index contributed by atoms with van der Waals surface area (Å²) in [6, 6.07) is 16.7. The molecule has 0 saturated carbocycles. The SMILES string of the molecule is O=C(Nc1ccccc1Cl)C(Br)=Cc1ccccc1. The number of hydrogen-bond donors (Lipinski definition) is 1. The minimum absolute atomic E-state index is 0.239. The second-order valence-corrected chi connectivity index (χ2v) is 5.10. The Labute approximate surface area is 125 Å². The molecule has 0 saturated heterocycles. The van der Waals surface area contributed by atoms with E-state index in [4.69, 9.17) is 11.6 Å². The summed E-state index contributed by atoms with van der Waals surface area (Å²) in [6.07, 6.45) is 1.76. The average Bonchev–Trinajstić information content (AvgIpc) is 2.42. The van der Waals surface area contributed by atoms with E-state index in [2.05, 4.69) is 21.2 Å². The summed E-state index contributed by atoms with van der Waals surface area (Å²) >= 11 is 9.25. The molecule has 0 radical (unpaired) electrons. The van der Waals surface area contributed by atoms with Crippen molar-refractivity contribution in [2.24, 2.45) is 0 Å². The summed E-state index contributed by atoms with van der Waals surface area (Å²) in [7, 11) is 0. The van der Waals surface area contributed by atoms with Gasteiger partial charge in [0.05, 0.1) is 15.2 Å². The number of amides is 1. The van der Waals surface area contributed by atoms with E-state index in [1.165, 1.54) is 0 Å². The van der Waals surface area contributed by atoms with Crippen LogP contribution in [-0.4, -0.2) is 5.91 Å². The number of carbonyl (C=O) groups is 1. The number of para-hydroxylation sites is 1. The third kappa shape index (κ3) is 3.94. The summed E-state index contributed by atoms with van der Waals surface area (Å²) in [5.41, 5.74) is 1.54. The van der Waals surface area contributed by atoms with Gasteiger partial charge < -0.3 is 5.32 Å². The minimum atomic E-state index is -0.239. The highest BCUT2D eigenvalue weighted by molar-refractivity contribution is 9.12. The number of carbonyl (C=O) groups excluding carboxylic acids is 1. The van der Waals surface area contributed by atoms with Crippen molar-refractivity contribution in [1.82, 2.24) is 0 Å². The first-order valence-electron chi connectivity index (χ1n) is 5.65. The zero-order valence-corrected chi connectivity index (χ0v) is 12.3. The fraction of sp³-hybridized carbons (Fsp3) is 0. The molecular weight excluding hydrogens is 326 g/mol. The molecule has 2 rings (SSSR count). The lowest BCUT2D eigenvalue weighted by Gasteiger charge is -2.06. The van der Waals surface area contributed by atoms with Crippen LogP contribution in [-0.2, 0) is 4.79 Å². The highest BCUT2D eigenvalue weighted by Crippen LogP contribution is 2.22. The van der Waals surface area contributed by atoms with Crippen LogP contribution in [0.3, 0.4) is 0 Å². The van der Waals surface area contributed by atoms with Gasteiger partial charge in [0.25, 0.3) is 5.91 Å². The third-order valence-corrected chi connectivity index (χ3v) is 3.35. The van der Waals surface area contributed by atoms with Crippen LogP contribution in [0.5, 0.6) is 0 Å². The van der Waals surface area contributed by atoms with Gasteiger partial charge in [-0.15, -0.1) is 0 Å². The fourth-order valence-electron chi connectivity index (χ4n) is 1.51. The molecule has 1 N–H and O–H groups in total. The second kappa shape index (κ2) is 6.55. The molecule has 1 amide bonds. The molecule has 0 aliphatic carbocycles. The van der Waals surface area contributed by atoms with Crippen LogP contribution in [0.15, 0.2) is 59.1 Å². The maximum absolute atomic E-state index is 12.0. The Bertz CT molecular complexity index is 611. The van der Waals surface area contributed by atoms with Crippen molar-refractivity contribution in [1.29, 1.82) is 0 Å². The standard InChI is InChI=1S/C15H11BrClNO/c16-12(10-11-6-2-1-3-7-11)15(19)18-14-9-5-4-8-13(14)17/h1-10H,(H,18,19). The van der Waals surface area contributed by atoms with Crippen molar-refractivity contribution >= 4 is 45.2 Å². The van der Waals surface area contributed by atoms with E-state index in [1.54, 1.807) is 18.2 Å². The Morgan fingerprint density at radius 1 is 1.05 bits per heavy atom. The number of hydrogen-bond acceptors (Lipinski definition) is 1. The van der Waals surface area contributed by atoms with Crippen LogP contribution in [0.1, 0.15) is 5.56 Å². The highest BCUT2D eigenvalue weighted by Gasteiger charge is 2.08. The Hall–Kier alpha value is -1.58. The van der Waals surface area contributed by atoms with Crippen LogP contribution < -0.4 is 5.32 Å². The second-order valence-electron chi connectivity index (χ2n) is 3.84. The Morgan fingerprint density at radius 2 is 1.68 bits per heavy atom. The normalized spacial score (nSPS) is 11.2. The number of anilines is 1. The van der Waals surface area contributed by atoms with Crippen molar-refractivity contribution < 1.29 is 4.79 Å². The Balaban J connectivity index is 2.12. The van der Waals surface area contributed by atoms with Gasteiger partial charge in [-0.25, -0.2) is 0 Å². The summed E-state index contributed by atoms with van der Waals surface area (Å²) < 4.78 is 0.443. The average molecular weight is 337 g/mol. The first-order valence-corrected chi connectivity index (χ1v) is 6.82. The molecule has 0 bridgehead atoms. The molecule has 0 atom stereocenters. The van der Waals surface area contributed by atoms with E-state index >= 15 is 0 Å². The minimum Gasteiger partial charge on any atom is -0.320 e. The number of halogens is 2.